The topological polar surface area (TPSA) is 239 Å². The van der Waals surface area contributed by atoms with E-state index in [1.807, 2.05) is 0 Å². The molecule has 6 unspecified atom stereocenters. The van der Waals surface area contributed by atoms with Gasteiger partial charge in [0.2, 0.25) is 5.91 Å². The van der Waals surface area contributed by atoms with Crippen LogP contribution in [0.5, 0.6) is 11.5 Å². The minimum Gasteiger partial charge on any atom is -0.508 e. The van der Waals surface area contributed by atoms with Gasteiger partial charge in [0, 0.05) is 25.1 Å². The lowest BCUT2D eigenvalue weighted by Crippen LogP contribution is -2.62. The largest absolute Gasteiger partial charge is 0.508 e. The van der Waals surface area contributed by atoms with Gasteiger partial charge in [0.1, 0.15) is 47.0 Å². The van der Waals surface area contributed by atoms with Gasteiger partial charge in [-0.25, -0.2) is 4.79 Å². The number of carbonyl (C=O) groups is 4. The number of alkyl carbamates (subject to hydrolysis) is 1. The van der Waals surface area contributed by atoms with E-state index in [0.29, 0.717) is 24.5 Å². The fraction of sp³-hybridized carbons (Fsp3) is 0.610. The van der Waals surface area contributed by atoms with E-state index in [0.717, 1.165) is 18.4 Å². The van der Waals surface area contributed by atoms with Crippen molar-refractivity contribution in [3.63, 3.8) is 0 Å². The molecule has 1 saturated carbocycles. The van der Waals surface area contributed by atoms with Gasteiger partial charge in [-0.2, -0.15) is 0 Å². The number of aryl methyl sites for hydroxylation is 1. The Morgan fingerprint density at radius 1 is 0.911 bits per heavy atom. The number of unbranched alkanes of at least 4 members (excludes halogenated alkanes) is 5. The Bertz CT molecular complexity index is 1530. The third kappa shape index (κ3) is 16.0. The van der Waals surface area contributed by atoms with E-state index in [2.05, 4.69) is 22.9 Å². The molecule has 2 aromatic rings. The molecule has 0 bridgehead atoms. The van der Waals surface area contributed by atoms with E-state index in [9.17, 15) is 39.6 Å². The van der Waals surface area contributed by atoms with Crippen LogP contribution in [-0.4, -0.2) is 99.1 Å². The van der Waals surface area contributed by atoms with Crippen molar-refractivity contribution in [3.8, 4) is 11.5 Å². The van der Waals surface area contributed by atoms with E-state index in [1.54, 1.807) is 57.2 Å². The Labute approximate surface area is 329 Å². The molecule has 3 rings (SSSR count). The van der Waals surface area contributed by atoms with Crippen LogP contribution in [0, 0.1) is 0 Å². The van der Waals surface area contributed by atoms with Crippen molar-refractivity contribution in [2.45, 2.75) is 146 Å². The van der Waals surface area contributed by atoms with Gasteiger partial charge in [-0.05, 0) is 94.8 Å². The number of ether oxygens (including phenoxy) is 3. The molecular weight excluding hydrogens is 724 g/mol. The second-order valence-electron chi connectivity index (χ2n) is 15.5. The Morgan fingerprint density at radius 3 is 2.23 bits per heavy atom. The molecule has 312 valence electrons. The lowest BCUT2D eigenvalue weighted by molar-refractivity contribution is -0.191. The van der Waals surface area contributed by atoms with E-state index >= 15 is 0 Å². The monoisotopic (exact) mass is 786 g/mol. The quantitative estimate of drug-likeness (QED) is 0.0663. The summed E-state index contributed by atoms with van der Waals surface area (Å²) in [7, 11) is 0. The van der Waals surface area contributed by atoms with Crippen LogP contribution >= 0.6 is 0 Å². The maximum absolute atomic E-state index is 13.7. The van der Waals surface area contributed by atoms with Gasteiger partial charge in [0.05, 0.1) is 12.7 Å². The summed E-state index contributed by atoms with van der Waals surface area (Å²) in [4.78, 5) is 52.4. The van der Waals surface area contributed by atoms with Gasteiger partial charge >= 0.3 is 12.1 Å². The first-order chi connectivity index (χ1) is 26.5. The summed E-state index contributed by atoms with van der Waals surface area (Å²) in [6, 6.07) is 10.8. The predicted octanol–water partition coefficient (Wildman–Crippen LogP) is 3.98. The predicted molar refractivity (Wildman–Crippen MR) is 210 cm³/mol. The fourth-order valence-corrected chi connectivity index (χ4v) is 6.20. The highest BCUT2D eigenvalue weighted by Crippen LogP contribution is 2.32. The van der Waals surface area contributed by atoms with Crippen molar-refractivity contribution >= 4 is 29.6 Å². The molecule has 0 spiro atoms. The van der Waals surface area contributed by atoms with Crippen molar-refractivity contribution in [1.29, 1.82) is 0 Å². The number of benzene rings is 2. The number of phenolic OH excluding ortho intramolecular Hbond substituents is 1. The van der Waals surface area contributed by atoms with Gasteiger partial charge in [0.15, 0.2) is 0 Å². The van der Waals surface area contributed by atoms with Crippen molar-refractivity contribution in [2.24, 2.45) is 5.73 Å². The van der Waals surface area contributed by atoms with E-state index in [-0.39, 0.29) is 31.6 Å². The van der Waals surface area contributed by atoms with Crippen molar-refractivity contribution in [1.82, 2.24) is 10.6 Å². The number of phenols is 1. The first-order valence-electron chi connectivity index (χ1n) is 19.6. The Morgan fingerprint density at radius 2 is 1.57 bits per heavy atom. The average molecular weight is 787 g/mol. The number of hydrogen-bond acceptors (Lipinski definition) is 12. The number of amides is 3. The smallest absolute Gasteiger partial charge is 0.407 e. The molecule has 3 amide bonds. The van der Waals surface area contributed by atoms with Crippen LogP contribution in [0.3, 0.4) is 0 Å². The number of aromatic hydroxyl groups is 1. The van der Waals surface area contributed by atoms with E-state index in [1.165, 1.54) is 37.8 Å². The van der Waals surface area contributed by atoms with Crippen LogP contribution < -0.4 is 26.4 Å². The van der Waals surface area contributed by atoms with Crippen LogP contribution in [0.1, 0.15) is 104 Å². The highest BCUT2D eigenvalue weighted by Gasteiger charge is 2.51. The minimum absolute atomic E-state index is 0.0301. The highest BCUT2D eigenvalue weighted by molar-refractivity contribution is 5.98. The first kappa shape index (κ1) is 45.9. The van der Waals surface area contributed by atoms with Crippen molar-refractivity contribution < 1.29 is 53.8 Å². The summed E-state index contributed by atoms with van der Waals surface area (Å²) in [5.74, 6) is -1.81. The molecule has 56 heavy (non-hydrogen) atoms. The zero-order valence-corrected chi connectivity index (χ0v) is 33.1. The van der Waals surface area contributed by atoms with Crippen LogP contribution in [0.4, 0.5) is 10.5 Å². The first-order valence-corrected chi connectivity index (χ1v) is 19.6. The lowest BCUT2D eigenvalue weighted by atomic mass is 9.78. The number of hydrogen-bond donors (Lipinski definition) is 8. The van der Waals surface area contributed by atoms with Gasteiger partial charge in [-0.3, -0.25) is 14.4 Å². The molecule has 9 N–H and O–H groups in total. The van der Waals surface area contributed by atoms with Gasteiger partial charge in [0.25, 0.3) is 5.91 Å². The summed E-state index contributed by atoms with van der Waals surface area (Å²) in [5, 5.41) is 50.3. The van der Waals surface area contributed by atoms with Crippen molar-refractivity contribution in [3.05, 3.63) is 54.1 Å². The molecule has 15 nitrogen and oxygen atoms in total. The van der Waals surface area contributed by atoms with Crippen LogP contribution in [0.2, 0.25) is 0 Å². The molecular formula is C41H62N4O11. The van der Waals surface area contributed by atoms with Crippen LogP contribution in [0.15, 0.2) is 48.5 Å². The lowest BCUT2D eigenvalue weighted by Gasteiger charge is -2.41. The summed E-state index contributed by atoms with van der Waals surface area (Å²) in [6.45, 7) is 8.04. The molecule has 0 aliphatic heterocycles. The van der Waals surface area contributed by atoms with Crippen LogP contribution in [0.25, 0.3) is 0 Å². The SMILES string of the molecule is CCCCCCCCOc1ccc(NC(=O)C(CCCNC(=O)OC(C)(C)C)NC(=O)C2(O)CC(O)C(O)C(OC(=O)C(N)CCc3ccc(O)cc3)C2)cc1. The number of rotatable bonds is 21. The van der Waals surface area contributed by atoms with E-state index in [4.69, 9.17) is 19.9 Å². The molecule has 1 aliphatic rings. The standard InChI is InChI=1S/C41H62N4O11/c1-5-6-7-8-9-10-24-54-30-20-16-28(17-21-30)44-36(49)32(12-11-23-43-39(52)56-40(2,3)4)45-38(51)41(53)25-33(47)35(48)34(26-41)55-37(50)31(42)22-15-27-13-18-29(46)19-14-27/h13-14,16-21,31-35,46-48,53H,5-12,15,22-26,42H2,1-4H3,(H,43,52)(H,44,49)(H,45,51). The minimum atomic E-state index is -2.35. The zero-order chi connectivity index (χ0) is 41.3. The van der Waals surface area contributed by atoms with Gasteiger partial charge in [-0.15, -0.1) is 0 Å². The Kier molecular flexibility index (Phi) is 18.3. The third-order valence-electron chi connectivity index (χ3n) is 9.38. The Balaban J connectivity index is 1.64. The van der Waals surface area contributed by atoms with E-state index < -0.39 is 78.3 Å². The third-order valence-corrected chi connectivity index (χ3v) is 9.38. The number of anilines is 1. The summed E-state index contributed by atoms with van der Waals surface area (Å²) in [6.07, 6.45) is 1.04. The summed E-state index contributed by atoms with van der Waals surface area (Å²) >= 11 is 0. The van der Waals surface area contributed by atoms with Crippen LogP contribution in [-0.2, 0) is 30.3 Å². The number of nitrogens with two attached hydrogens (primary N) is 1. The number of carbonyl (C=O) groups excluding carboxylic acids is 4. The molecule has 0 heterocycles. The second-order valence-corrected chi connectivity index (χ2v) is 15.5. The fourth-order valence-electron chi connectivity index (χ4n) is 6.20. The van der Waals surface area contributed by atoms with Gasteiger partial charge < -0.3 is 56.3 Å². The number of aliphatic hydroxyl groups excluding tert-OH is 2. The average Bonchev–Trinajstić information content (AvgIpc) is 3.13. The molecule has 15 heteroatoms. The molecule has 0 saturated heterocycles. The van der Waals surface area contributed by atoms with Gasteiger partial charge in [-0.1, -0.05) is 51.2 Å². The molecule has 0 radical (unpaired) electrons. The zero-order valence-electron chi connectivity index (χ0n) is 33.1. The molecule has 2 aromatic carbocycles. The maximum Gasteiger partial charge on any atom is 0.407 e. The maximum atomic E-state index is 13.7. The number of nitrogens with one attached hydrogen (secondary N) is 3. The normalized spacial score (nSPS) is 20.6. The molecule has 0 aromatic heterocycles. The summed E-state index contributed by atoms with van der Waals surface area (Å²) < 4.78 is 16.5. The molecule has 6 atom stereocenters. The summed E-state index contributed by atoms with van der Waals surface area (Å²) in [5.41, 5.74) is 4.23. The van der Waals surface area contributed by atoms with Crippen molar-refractivity contribution in [2.75, 3.05) is 18.5 Å². The molecule has 1 fully saturated rings. The number of aliphatic hydroxyl groups is 3. The second kappa shape index (κ2) is 22.3. The highest BCUT2D eigenvalue weighted by atomic mass is 16.6. The number of esters is 1. The Hall–Kier alpha value is -4.44. The molecule has 1 aliphatic carbocycles.